The highest BCUT2D eigenvalue weighted by Gasteiger charge is 2.00. The Morgan fingerprint density at radius 3 is 2.40 bits per heavy atom. The van der Waals surface area contributed by atoms with Crippen molar-refractivity contribution in [3.05, 3.63) is 48.9 Å². The summed E-state index contributed by atoms with van der Waals surface area (Å²) in [6.07, 6.45) is 5.96. The second kappa shape index (κ2) is 5.80. The molecule has 15 heavy (non-hydrogen) atoms. The van der Waals surface area contributed by atoms with Crippen LogP contribution in [0.5, 0.6) is 0 Å². The lowest BCUT2D eigenvalue weighted by atomic mass is 10.2. The number of aromatic nitrogens is 2. The van der Waals surface area contributed by atoms with E-state index in [1.54, 1.807) is 0 Å². The van der Waals surface area contributed by atoms with E-state index in [2.05, 4.69) is 41.0 Å². The van der Waals surface area contributed by atoms with Crippen LogP contribution in [-0.4, -0.2) is 4.98 Å². The summed E-state index contributed by atoms with van der Waals surface area (Å²) in [5.74, 6) is 0. The van der Waals surface area contributed by atoms with Gasteiger partial charge in [0.2, 0.25) is 0 Å². The van der Waals surface area contributed by atoms with Gasteiger partial charge in [0.1, 0.15) is 6.54 Å². The fourth-order valence-electron chi connectivity index (χ4n) is 1.37. The molecule has 0 radical (unpaired) electrons. The van der Waals surface area contributed by atoms with Gasteiger partial charge >= 0.3 is 0 Å². The standard InChI is InChI=1S/C12H13N2.HI/c1-2-14-9-6-11(7-10-14)12-5-3-4-8-13-12;/h3-10H,2H2,1H3;1H/q+1;/p-1. The van der Waals surface area contributed by atoms with Crippen molar-refractivity contribution in [1.29, 1.82) is 0 Å². The monoisotopic (exact) mass is 312 g/mol. The molecule has 0 amide bonds. The van der Waals surface area contributed by atoms with Crippen LogP contribution in [0.3, 0.4) is 0 Å². The van der Waals surface area contributed by atoms with E-state index in [-0.39, 0.29) is 24.0 Å². The van der Waals surface area contributed by atoms with Gasteiger partial charge in [-0.15, -0.1) is 0 Å². The van der Waals surface area contributed by atoms with Gasteiger partial charge in [-0.2, -0.15) is 0 Å². The van der Waals surface area contributed by atoms with E-state index in [1.165, 1.54) is 0 Å². The van der Waals surface area contributed by atoms with Crippen molar-refractivity contribution in [2.24, 2.45) is 0 Å². The van der Waals surface area contributed by atoms with Gasteiger partial charge in [-0.3, -0.25) is 4.98 Å². The van der Waals surface area contributed by atoms with Crippen molar-refractivity contribution in [2.75, 3.05) is 0 Å². The van der Waals surface area contributed by atoms with Crippen molar-refractivity contribution >= 4 is 0 Å². The number of rotatable bonds is 2. The zero-order chi connectivity index (χ0) is 9.80. The third-order valence-corrected chi connectivity index (χ3v) is 2.22. The van der Waals surface area contributed by atoms with Gasteiger partial charge in [0.25, 0.3) is 0 Å². The minimum absolute atomic E-state index is 0. The van der Waals surface area contributed by atoms with Crippen LogP contribution in [0.25, 0.3) is 11.3 Å². The fraction of sp³-hybridized carbons (Fsp3) is 0.167. The number of halogens is 1. The Morgan fingerprint density at radius 1 is 1.13 bits per heavy atom. The molecule has 0 aliphatic rings. The van der Waals surface area contributed by atoms with Gasteiger partial charge in [0, 0.05) is 23.9 Å². The van der Waals surface area contributed by atoms with Crippen molar-refractivity contribution in [1.82, 2.24) is 4.98 Å². The summed E-state index contributed by atoms with van der Waals surface area (Å²) in [7, 11) is 0. The predicted octanol–water partition coefficient (Wildman–Crippen LogP) is -0.940. The molecule has 2 rings (SSSR count). The first-order chi connectivity index (χ1) is 6.90. The molecule has 0 spiro atoms. The lowest BCUT2D eigenvalue weighted by molar-refractivity contribution is -0.693. The van der Waals surface area contributed by atoms with Crippen LogP contribution in [-0.2, 0) is 6.54 Å². The lowest BCUT2D eigenvalue weighted by Gasteiger charge is -1.98. The molecule has 0 N–H and O–H groups in total. The predicted molar refractivity (Wildman–Crippen MR) is 55.5 cm³/mol. The molecule has 0 aliphatic heterocycles. The zero-order valence-electron chi connectivity index (χ0n) is 8.60. The quantitative estimate of drug-likeness (QED) is 0.517. The van der Waals surface area contributed by atoms with E-state index in [9.17, 15) is 0 Å². The van der Waals surface area contributed by atoms with Gasteiger partial charge in [-0.05, 0) is 19.1 Å². The summed E-state index contributed by atoms with van der Waals surface area (Å²) in [4.78, 5) is 4.30. The van der Waals surface area contributed by atoms with Crippen LogP contribution in [0.4, 0.5) is 0 Å². The number of nitrogens with zero attached hydrogens (tertiary/aromatic N) is 2. The summed E-state index contributed by atoms with van der Waals surface area (Å²) in [6.45, 7) is 3.13. The Hall–Kier alpha value is -0.970. The first-order valence-electron chi connectivity index (χ1n) is 4.80. The Morgan fingerprint density at radius 2 is 1.87 bits per heavy atom. The second-order valence-corrected chi connectivity index (χ2v) is 3.13. The van der Waals surface area contributed by atoms with Crippen LogP contribution in [0.15, 0.2) is 48.9 Å². The maximum Gasteiger partial charge on any atom is 0.169 e. The minimum Gasteiger partial charge on any atom is -1.00 e. The van der Waals surface area contributed by atoms with Crippen LogP contribution < -0.4 is 28.5 Å². The lowest BCUT2D eigenvalue weighted by Crippen LogP contribution is -3.00. The van der Waals surface area contributed by atoms with Crippen LogP contribution >= 0.6 is 0 Å². The third-order valence-electron chi connectivity index (χ3n) is 2.22. The Bertz CT molecular complexity index is 398. The Kier molecular flexibility index (Phi) is 4.68. The molecule has 0 saturated carbocycles. The minimum atomic E-state index is 0. The van der Waals surface area contributed by atoms with Crippen molar-refractivity contribution in [3.8, 4) is 11.3 Å². The largest absolute Gasteiger partial charge is 1.00 e. The maximum absolute atomic E-state index is 4.30. The molecule has 78 valence electrons. The molecule has 0 aliphatic carbocycles. The van der Waals surface area contributed by atoms with E-state index in [1.807, 2.05) is 24.4 Å². The van der Waals surface area contributed by atoms with Gasteiger partial charge in [-0.1, -0.05) is 6.07 Å². The molecular formula is C12H13IN2. The van der Waals surface area contributed by atoms with Gasteiger partial charge < -0.3 is 24.0 Å². The zero-order valence-corrected chi connectivity index (χ0v) is 10.8. The molecule has 0 atom stereocenters. The molecule has 0 fully saturated rings. The molecule has 2 heterocycles. The highest BCUT2D eigenvalue weighted by atomic mass is 127. The van der Waals surface area contributed by atoms with Gasteiger partial charge in [0.05, 0.1) is 5.69 Å². The molecule has 2 aromatic rings. The van der Waals surface area contributed by atoms with Crippen LogP contribution in [0, 0.1) is 0 Å². The summed E-state index contributed by atoms with van der Waals surface area (Å²) in [5.41, 5.74) is 2.19. The molecular weight excluding hydrogens is 299 g/mol. The second-order valence-electron chi connectivity index (χ2n) is 3.13. The van der Waals surface area contributed by atoms with Crippen molar-refractivity contribution in [3.63, 3.8) is 0 Å². The number of hydrogen-bond acceptors (Lipinski definition) is 1. The van der Waals surface area contributed by atoms with E-state index >= 15 is 0 Å². The first kappa shape index (κ1) is 12.1. The average molecular weight is 312 g/mol. The van der Waals surface area contributed by atoms with Gasteiger partial charge in [-0.25, -0.2) is 4.57 Å². The van der Waals surface area contributed by atoms with E-state index in [0.29, 0.717) is 0 Å². The van der Waals surface area contributed by atoms with E-state index in [4.69, 9.17) is 0 Å². The molecule has 3 heteroatoms. The summed E-state index contributed by atoms with van der Waals surface area (Å²) in [5, 5.41) is 0. The Balaban J connectivity index is 0.00000112. The maximum atomic E-state index is 4.30. The SMILES string of the molecule is CC[n+]1ccc(-c2ccccn2)cc1.[I-]. The Labute approximate surface area is 107 Å². The normalized spacial score (nSPS) is 9.40. The van der Waals surface area contributed by atoms with Gasteiger partial charge in [0.15, 0.2) is 12.4 Å². The molecule has 2 aromatic heterocycles. The van der Waals surface area contributed by atoms with E-state index in [0.717, 1.165) is 17.8 Å². The summed E-state index contributed by atoms with van der Waals surface area (Å²) in [6, 6.07) is 10.1. The topological polar surface area (TPSA) is 16.8 Å². The highest BCUT2D eigenvalue weighted by Crippen LogP contribution is 2.13. The molecule has 2 nitrogen and oxygen atoms in total. The fourth-order valence-corrected chi connectivity index (χ4v) is 1.37. The third kappa shape index (κ3) is 2.99. The number of hydrogen-bond donors (Lipinski definition) is 0. The average Bonchev–Trinajstić information content (AvgIpc) is 2.30. The van der Waals surface area contributed by atoms with Crippen molar-refractivity contribution in [2.45, 2.75) is 13.5 Å². The van der Waals surface area contributed by atoms with Crippen molar-refractivity contribution < 1.29 is 28.5 Å². The van der Waals surface area contributed by atoms with Crippen LogP contribution in [0.1, 0.15) is 6.92 Å². The molecule has 0 aromatic carbocycles. The summed E-state index contributed by atoms with van der Waals surface area (Å²) < 4.78 is 2.13. The van der Waals surface area contributed by atoms with Crippen LogP contribution in [0.2, 0.25) is 0 Å². The first-order valence-corrected chi connectivity index (χ1v) is 4.80. The smallest absolute Gasteiger partial charge is 0.169 e. The molecule has 0 saturated heterocycles. The molecule has 0 bridgehead atoms. The number of pyridine rings is 2. The summed E-state index contributed by atoms with van der Waals surface area (Å²) >= 11 is 0. The van der Waals surface area contributed by atoms with E-state index < -0.39 is 0 Å². The highest BCUT2D eigenvalue weighted by molar-refractivity contribution is 5.56. The molecule has 0 unspecified atom stereocenters. The number of aryl methyl sites for hydroxylation is 1.